The Morgan fingerprint density at radius 2 is 2.00 bits per heavy atom. The predicted octanol–water partition coefficient (Wildman–Crippen LogP) is 2.64. The smallest absolute Gasteiger partial charge is 0.287 e. The fourth-order valence-electron chi connectivity index (χ4n) is 3.73. The van der Waals surface area contributed by atoms with Gasteiger partial charge in [-0.1, -0.05) is 30.9 Å². The van der Waals surface area contributed by atoms with Crippen molar-refractivity contribution < 1.29 is 0 Å². The summed E-state index contributed by atoms with van der Waals surface area (Å²) in [5.41, 5.74) is 0.423. The quantitative estimate of drug-likeness (QED) is 0.928. The predicted molar refractivity (Wildman–Crippen MR) is 89.6 cm³/mol. The molecule has 22 heavy (non-hydrogen) atoms. The van der Waals surface area contributed by atoms with E-state index >= 15 is 0 Å². The molecule has 122 valence electrons. The van der Waals surface area contributed by atoms with Gasteiger partial charge in [0.15, 0.2) is 0 Å². The Bertz CT molecular complexity index is 568. The fraction of sp³-hybridized carbons (Fsp3) is 0.750. The summed E-state index contributed by atoms with van der Waals surface area (Å²) in [6.45, 7) is 2.24. The van der Waals surface area contributed by atoms with E-state index in [9.17, 15) is 4.79 Å². The highest BCUT2D eigenvalue weighted by Crippen LogP contribution is 2.27. The van der Waals surface area contributed by atoms with Gasteiger partial charge >= 0.3 is 0 Å². The van der Waals surface area contributed by atoms with Gasteiger partial charge in [0.25, 0.3) is 5.56 Å². The maximum Gasteiger partial charge on any atom is 0.287 e. The van der Waals surface area contributed by atoms with Crippen LogP contribution >= 0.6 is 11.6 Å². The van der Waals surface area contributed by atoms with E-state index in [1.165, 1.54) is 49.8 Å². The van der Waals surface area contributed by atoms with Crippen LogP contribution in [-0.2, 0) is 7.05 Å². The van der Waals surface area contributed by atoms with E-state index in [2.05, 4.69) is 15.3 Å². The summed E-state index contributed by atoms with van der Waals surface area (Å²) in [7, 11) is 1.61. The fourth-order valence-corrected chi connectivity index (χ4v) is 3.96. The molecule has 1 atom stereocenters. The summed E-state index contributed by atoms with van der Waals surface area (Å²) in [6.07, 6.45) is 10.8. The van der Waals surface area contributed by atoms with Crippen molar-refractivity contribution in [2.24, 2.45) is 7.05 Å². The van der Waals surface area contributed by atoms with Crippen molar-refractivity contribution in [3.63, 3.8) is 0 Å². The molecule has 1 N–H and O–H groups in total. The van der Waals surface area contributed by atoms with Gasteiger partial charge in [0.05, 0.1) is 11.9 Å². The van der Waals surface area contributed by atoms with Gasteiger partial charge in [-0.25, -0.2) is 4.68 Å². The lowest BCUT2D eigenvalue weighted by Crippen LogP contribution is -2.47. The number of hydrogen-bond acceptors (Lipinski definition) is 4. The van der Waals surface area contributed by atoms with Gasteiger partial charge in [0.1, 0.15) is 5.02 Å². The second-order valence-electron chi connectivity index (χ2n) is 6.57. The van der Waals surface area contributed by atoms with Crippen molar-refractivity contribution >= 4 is 17.3 Å². The Morgan fingerprint density at radius 3 is 2.77 bits per heavy atom. The molecule has 1 aromatic rings. The van der Waals surface area contributed by atoms with E-state index < -0.39 is 0 Å². The van der Waals surface area contributed by atoms with Crippen LogP contribution in [0.5, 0.6) is 0 Å². The summed E-state index contributed by atoms with van der Waals surface area (Å²) >= 11 is 6.15. The molecule has 2 aliphatic rings. The van der Waals surface area contributed by atoms with Crippen LogP contribution in [0.1, 0.15) is 44.9 Å². The lowest BCUT2D eigenvalue weighted by molar-refractivity contribution is 0.124. The molecule has 1 unspecified atom stereocenters. The van der Waals surface area contributed by atoms with Gasteiger partial charge in [-0.15, -0.1) is 0 Å². The second kappa shape index (κ2) is 7.01. The Labute approximate surface area is 136 Å². The minimum absolute atomic E-state index is 0.243. The molecule has 2 heterocycles. The number of hydrogen-bond donors (Lipinski definition) is 1. The summed E-state index contributed by atoms with van der Waals surface area (Å²) in [6, 6.07) is 1.10. The molecule has 1 aromatic heterocycles. The number of aromatic nitrogens is 2. The first-order valence-electron chi connectivity index (χ1n) is 8.37. The zero-order chi connectivity index (χ0) is 15.5. The van der Waals surface area contributed by atoms with Crippen LogP contribution in [-0.4, -0.2) is 39.9 Å². The standard InChI is InChI=1S/C16H25ClN4O/c1-20-16(22)15(17)14(10-18-20)19-12-6-5-9-21(11-12)13-7-3-2-4-8-13/h10,12-13,19H,2-9,11H2,1H3. The molecule has 0 aromatic carbocycles. The Kier molecular flexibility index (Phi) is 5.03. The van der Waals surface area contributed by atoms with E-state index in [-0.39, 0.29) is 10.6 Å². The third-order valence-electron chi connectivity index (χ3n) is 4.98. The van der Waals surface area contributed by atoms with Crippen LogP contribution in [0.3, 0.4) is 0 Å². The first kappa shape index (κ1) is 15.8. The first-order valence-corrected chi connectivity index (χ1v) is 8.75. The molecule has 1 aliphatic carbocycles. The molecule has 5 nitrogen and oxygen atoms in total. The minimum atomic E-state index is -0.244. The topological polar surface area (TPSA) is 50.2 Å². The van der Waals surface area contributed by atoms with Crippen molar-refractivity contribution in [2.45, 2.75) is 57.0 Å². The molecule has 0 radical (unpaired) electrons. The third kappa shape index (κ3) is 3.46. The molecule has 0 spiro atoms. The number of nitrogens with one attached hydrogen (secondary N) is 1. The van der Waals surface area contributed by atoms with E-state index in [1.54, 1.807) is 13.2 Å². The minimum Gasteiger partial charge on any atom is -0.378 e. The maximum atomic E-state index is 11.9. The van der Waals surface area contributed by atoms with Crippen LogP contribution in [0.15, 0.2) is 11.0 Å². The number of likely N-dealkylation sites (tertiary alicyclic amines) is 1. The third-order valence-corrected chi connectivity index (χ3v) is 5.35. The molecule has 0 amide bonds. The number of anilines is 1. The van der Waals surface area contributed by atoms with Crippen molar-refractivity contribution in [1.29, 1.82) is 0 Å². The normalized spacial score (nSPS) is 24.4. The molecular formula is C16H25ClN4O. The lowest BCUT2D eigenvalue weighted by atomic mass is 9.92. The SMILES string of the molecule is Cn1ncc(NC2CCCN(C3CCCCC3)C2)c(Cl)c1=O. The zero-order valence-corrected chi connectivity index (χ0v) is 14.0. The highest BCUT2D eigenvalue weighted by molar-refractivity contribution is 6.32. The molecular weight excluding hydrogens is 300 g/mol. The van der Waals surface area contributed by atoms with Gasteiger partial charge in [-0.05, 0) is 32.2 Å². The van der Waals surface area contributed by atoms with Gasteiger partial charge < -0.3 is 5.32 Å². The lowest BCUT2D eigenvalue weighted by Gasteiger charge is -2.40. The van der Waals surface area contributed by atoms with Crippen LogP contribution in [0.25, 0.3) is 0 Å². The van der Waals surface area contributed by atoms with E-state index in [4.69, 9.17) is 11.6 Å². The highest BCUT2D eigenvalue weighted by atomic mass is 35.5. The van der Waals surface area contributed by atoms with Crippen molar-refractivity contribution in [3.8, 4) is 0 Å². The molecule has 1 aliphatic heterocycles. The number of halogens is 1. The average Bonchev–Trinajstić information content (AvgIpc) is 2.57. The van der Waals surface area contributed by atoms with Gasteiger partial charge in [0, 0.05) is 25.7 Å². The van der Waals surface area contributed by atoms with Crippen molar-refractivity contribution in [1.82, 2.24) is 14.7 Å². The number of piperidine rings is 1. The number of rotatable bonds is 3. The molecule has 6 heteroatoms. The Morgan fingerprint density at radius 1 is 1.23 bits per heavy atom. The van der Waals surface area contributed by atoms with E-state index in [0.717, 1.165) is 19.0 Å². The summed E-state index contributed by atoms with van der Waals surface area (Å²) in [5.74, 6) is 0. The Hall–Kier alpha value is -1.07. The first-order chi connectivity index (χ1) is 10.6. The largest absolute Gasteiger partial charge is 0.378 e. The van der Waals surface area contributed by atoms with Gasteiger partial charge in [-0.3, -0.25) is 9.69 Å². The highest BCUT2D eigenvalue weighted by Gasteiger charge is 2.27. The van der Waals surface area contributed by atoms with Crippen LogP contribution < -0.4 is 10.9 Å². The average molecular weight is 325 g/mol. The van der Waals surface area contributed by atoms with E-state index in [0.29, 0.717) is 11.7 Å². The summed E-state index contributed by atoms with van der Waals surface area (Å²) in [4.78, 5) is 14.5. The van der Waals surface area contributed by atoms with Gasteiger partial charge in [-0.2, -0.15) is 5.10 Å². The van der Waals surface area contributed by atoms with Gasteiger partial charge in [0.2, 0.25) is 0 Å². The van der Waals surface area contributed by atoms with E-state index in [1.807, 2.05) is 0 Å². The number of aryl methyl sites for hydroxylation is 1. The van der Waals surface area contributed by atoms with Crippen LogP contribution in [0.2, 0.25) is 5.02 Å². The second-order valence-corrected chi connectivity index (χ2v) is 6.95. The monoisotopic (exact) mass is 324 g/mol. The van der Waals surface area contributed by atoms with Crippen molar-refractivity contribution in [3.05, 3.63) is 21.6 Å². The zero-order valence-electron chi connectivity index (χ0n) is 13.2. The van der Waals surface area contributed by atoms with Crippen LogP contribution in [0.4, 0.5) is 5.69 Å². The molecule has 2 fully saturated rings. The number of nitrogens with zero attached hydrogens (tertiary/aromatic N) is 3. The van der Waals surface area contributed by atoms with Crippen LogP contribution in [0, 0.1) is 0 Å². The summed E-state index contributed by atoms with van der Waals surface area (Å²) < 4.78 is 1.27. The molecule has 0 bridgehead atoms. The molecule has 3 rings (SSSR count). The Balaban J connectivity index is 1.65. The molecule has 1 saturated heterocycles. The maximum absolute atomic E-state index is 11.9. The van der Waals surface area contributed by atoms with Crippen molar-refractivity contribution in [2.75, 3.05) is 18.4 Å². The summed E-state index contributed by atoms with van der Waals surface area (Å²) in [5, 5.41) is 7.74. The molecule has 1 saturated carbocycles.